The van der Waals surface area contributed by atoms with Crippen LogP contribution in [0.15, 0.2) is 64.3 Å². The Bertz CT molecular complexity index is 1290. The summed E-state index contributed by atoms with van der Waals surface area (Å²) in [7, 11) is 1.62. The molecule has 190 valence electrons. The van der Waals surface area contributed by atoms with Gasteiger partial charge in [-0.15, -0.1) is 0 Å². The fraction of sp³-hybridized carbons (Fsp3) is 0.400. The highest BCUT2D eigenvalue weighted by molar-refractivity contribution is 5.84. The Kier molecular flexibility index (Phi) is 8.14. The maximum Gasteiger partial charge on any atom is 0.344 e. The van der Waals surface area contributed by atoms with Crippen LogP contribution < -0.4 is 15.1 Å². The predicted octanol–water partition coefficient (Wildman–Crippen LogP) is 6.48. The van der Waals surface area contributed by atoms with E-state index >= 15 is 0 Å². The molecule has 2 aromatic carbocycles. The van der Waals surface area contributed by atoms with Crippen molar-refractivity contribution < 1.29 is 23.4 Å². The molecule has 1 aliphatic rings. The molecule has 3 atom stereocenters. The molecule has 1 aliphatic carbocycles. The monoisotopic (exact) mass is 490 g/mol. The molecule has 0 N–H and O–H groups in total. The van der Waals surface area contributed by atoms with Gasteiger partial charge in [-0.3, -0.25) is 0 Å². The number of carbonyl (C=O) groups is 1. The Labute approximate surface area is 211 Å². The van der Waals surface area contributed by atoms with E-state index in [1.807, 2.05) is 37.3 Å². The first-order valence-corrected chi connectivity index (χ1v) is 12.7. The number of unbranched alkanes of at least 4 members (excludes halogenated alkanes) is 2. The van der Waals surface area contributed by atoms with E-state index in [4.69, 9.17) is 18.6 Å². The summed E-state index contributed by atoms with van der Waals surface area (Å²) in [5.41, 5.74) is 2.40. The Balaban J connectivity index is 1.54. The summed E-state index contributed by atoms with van der Waals surface area (Å²) in [6.07, 6.45) is 6.85. The van der Waals surface area contributed by atoms with Gasteiger partial charge in [0.05, 0.1) is 12.7 Å². The van der Waals surface area contributed by atoms with Gasteiger partial charge in [0.15, 0.2) is 0 Å². The molecule has 1 fully saturated rings. The molecule has 0 spiro atoms. The standard InChI is InChI=1S/C30H34O6/c1-5-7-8-9-20-10-13-23(28(16-20)33-4)24-17-21-11-12-22(18-27(21)36-30(24)32)34-25-14-15-26(19(25)3)35-29(31)6-2/h6,10-13,16-19,25-26H,2,5,7-9,14-15H2,1,3-4H3. The zero-order valence-electron chi connectivity index (χ0n) is 21.3. The van der Waals surface area contributed by atoms with E-state index in [1.165, 1.54) is 24.5 Å². The van der Waals surface area contributed by atoms with E-state index in [0.717, 1.165) is 31.1 Å². The third-order valence-electron chi connectivity index (χ3n) is 6.96. The largest absolute Gasteiger partial charge is 0.496 e. The lowest BCUT2D eigenvalue weighted by Gasteiger charge is -2.21. The van der Waals surface area contributed by atoms with Gasteiger partial charge in [0.1, 0.15) is 29.3 Å². The van der Waals surface area contributed by atoms with Crippen molar-refractivity contribution in [3.63, 3.8) is 0 Å². The lowest BCUT2D eigenvalue weighted by Crippen LogP contribution is -2.27. The molecule has 36 heavy (non-hydrogen) atoms. The Hall–Kier alpha value is -3.54. The van der Waals surface area contributed by atoms with Crippen LogP contribution in [0.5, 0.6) is 11.5 Å². The number of rotatable bonds is 10. The SMILES string of the molecule is C=CC(=O)OC1CCC(Oc2ccc3cc(-c4ccc(CCCCC)cc4OC)c(=O)oc3c2)C1C. The van der Waals surface area contributed by atoms with Crippen molar-refractivity contribution in [2.75, 3.05) is 7.11 Å². The van der Waals surface area contributed by atoms with Crippen molar-refractivity contribution in [1.29, 1.82) is 0 Å². The average Bonchev–Trinajstić information content (AvgIpc) is 3.22. The molecule has 0 saturated heterocycles. The van der Waals surface area contributed by atoms with Crippen molar-refractivity contribution in [2.45, 2.75) is 64.6 Å². The minimum atomic E-state index is -0.428. The Morgan fingerprint density at radius 2 is 1.89 bits per heavy atom. The zero-order chi connectivity index (χ0) is 25.7. The molecule has 1 aromatic heterocycles. The van der Waals surface area contributed by atoms with Crippen molar-refractivity contribution in [2.24, 2.45) is 5.92 Å². The number of benzene rings is 2. The summed E-state index contributed by atoms with van der Waals surface area (Å²) in [5.74, 6) is 0.896. The maximum atomic E-state index is 13.0. The topological polar surface area (TPSA) is 75.0 Å². The summed E-state index contributed by atoms with van der Waals surface area (Å²) in [4.78, 5) is 24.5. The molecule has 6 nitrogen and oxygen atoms in total. The predicted molar refractivity (Wildman–Crippen MR) is 141 cm³/mol. The highest BCUT2D eigenvalue weighted by Crippen LogP contribution is 2.34. The Morgan fingerprint density at radius 3 is 2.64 bits per heavy atom. The highest BCUT2D eigenvalue weighted by atomic mass is 16.5. The number of ether oxygens (including phenoxy) is 3. The summed E-state index contributed by atoms with van der Waals surface area (Å²) in [6.45, 7) is 7.65. The average molecular weight is 491 g/mol. The fourth-order valence-corrected chi connectivity index (χ4v) is 4.84. The smallest absolute Gasteiger partial charge is 0.344 e. The van der Waals surface area contributed by atoms with Gasteiger partial charge in [0.2, 0.25) is 0 Å². The van der Waals surface area contributed by atoms with Gasteiger partial charge >= 0.3 is 11.6 Å². The number of carbonyl (C=O) groups excluding carboxylic acids is 1. The molecular formula is C30H34O6. The highest BCUT2D eigenvalue weighted by Gasteiger charge is 2.36. The number of hydrogen-bond acceptors (Lipinski definition) is 6. The summed E-state index contributed by atoms with van der Waals surface area (Å²) >= 11 is 0. The van der Waals surface area contributed by atoms with E-state index in [-0.39, 0.29) is 18.1 Å². The van der Waals surface area contributed by atoms with Crippen LogP contribution in [0.3, 0.4) is 0 Å². The molecule has 1 heterocycles. The molecule has 4 rings (SSSR count). The van der Waals surface area contributed by atoms with E-state index < -0.39 is 11.6 Å². The first-order valence-electron chi connectivity index (χ1n) is 12.7. The van der Waals surface area contributed by atoms with Crippen LogP contribution in [-0.4, -0.2) is 25.3 Å². The number of esters is 1. The normalized spacial score (nSPS) is 19.2. The van der Waals surface area contributed by atoms with Crippen molar-refractivity contribution >= 4 is 16.9 Å². The number of methoxy groups -OCH3 is 1. The summed E-state index contributed by atoms with van der Waals surface area (Å²) in [5, 5.41) is 0.795. The number of aryl methyl sites for hydroxylation is 1. The van der Waals surface area contributed by atoms with E-state index in [1.54, 1.807) is 13.2 Å². The van der Waals surface area contributed by atoms with E-state index in [0.29, 0.717) is 28.2 Å². The summed E-state index contributed by atoms with van der Waals surface area (Å²) in [6, 6.07) is 13.3. The van der Waals surface area contributed by atoms with Crippen LogP contribution >= 0.6 is 0 Å². The molecule has 0 amide bonds. The molecule has 0 radical (unpaired) electrons. The van der Waals surface area contributed by atoms with Crippen LogP contribution in [0, 0.1) is 5.92 Å². The van der Waals surface area contributed by atoms with Gasteiger partial charge in [-0.05, 0) is 55.5 Å². The van der Waals surface area contributed by atoms with Gasteiger partial charge in [0.25, 0.3) is 0 Å². The quantitative estimate of drug-likeness (QED) is 0.140. The van der Waals surface area contributed by atoms with Gasteiger partial charge in [0, 0.05) is 29.0 Å². The first kappa shape index (κ1) is 25.5. The molecule has 3 aromatic rings. The molecule has 6 heteroatoms. The zero-order valence-corrected chi connectivity index (χ0v) is 21.3. The van der Waals surface area contributed by atoms with Crippen LogP contribution in [0.4, 0.5) is 0 Å². The maximum absolute atomic E-state index is 13.0. The molecule has 0 bridgehead atoms. The first-order chi connectivity index (χ1) is 17.4. The minimum Gasteiger partial charge on any atom is -0.496 e. The second kappa shape index (κ2) is 11.5. The molecule has 3 unspecified atom stereocenters. The fourth-order valence-electron chi connectivity index (χ4n) is 4.84. The molecular weight excluding hydrogens is 456 g/mol. The van der Waals surface area contributed by atoms with Crippen LogP contribution in [0.2, 0.25) is 0 Å². The minimum absolute atomic E-state index is 0.0383. The van der Waals surface area contributed by atoms with E-state index in [9.17, 15) is 9.59 Å². The second-order valence-electron chi connectivity index (χ2n) is 9.41. The van der Waals surface area contributed by atoms with Crippen LogP contribution in [-0.2, 0) is 16.0 Å². The van der Waals surface area contributed by atoms with Crippen molar-refractivity contribution in [3.05, 3.63) is 71.1 Å². The van der Waals surface area contributed by atoms with E-state index in [2.05, 4.69) is 19.6 Å². The van der Waals surface area contributed by atoms with Crippen molar-refractivity contribution in [3.8, 4) is 22.6 Å². The third kappa shape index (κ3) is 5.64. The molecule has 1 saturated carbocycles. The second-order valence-corrected chi connectivity index (χ2v) is 9.41. The lowest BCUT2D eigenvalue weighted by atomic mass is 10.00. The number of hydrogen-bond donors (Lipinski definition) is 0. The number of fused-ring (bicyclic) bond motifs is 1. The van der Waals surface area contributed by atoms with Gasteiger partial charge < -0.3 is 18.6 Å². The van der Waals surface area contributed by atoms with Crippen LogP contribution in [0.1, 0.15) is 51.5 Å². The third-order valence-corrected chi connectivity index (χ3v) is 6.96. The summed E-state index contributed by atoms with van der Waals surface area (Å²) < 4.78 is 22.9. The van der Waals surface area contributed by atoms with Crippen molar-refractivity contribution in [1.82, 2.24) is 0 Å². The van der Waals surface area contributed by atoms with Gasteiger partial charge in [-0.25, -0.2) is 9.59 Å². The van der Waals surface area contributed by atoms with Gasteiger partial charge in [-0.1, -0.05) is 45.4 Å². The Morgan fingerprint density at radius 1 is 1.08 bits per heavy atom. The van der Waals surface area contributed by atoms with Crippen LogP contribution in [0.25, 0.3) is 22.1 Å². The van der Waals surface area contributed by atoms with Gasteiger partial charge in [-0.2, -0.15) is 0 Å². The molecule has 0 aliphatic heterocycles. The lowest BCUT2D eigenvalue weighted by molar-refractivity contribution is -0.144.